The van der Waals surface area contributed by atoms with Crippen LogP contribution in [0.3, 0.4) is 0 Å². The lowest BCUT2D eigenvalue weighted by Gasteiger charge is -2.36. The van der Waals surface area contributed by atoms with Gasteiger partial charge in [-0.25, -0.2) is 15.0 Å². The minimum Gasteiger partial charge on any atom is -0.481 e. The van der Waals surface area contributed by atoms with Gasteiger partial charge >= 0.3 is 0 Å². The molecular weight excluding hydrogens is 318 g/mol. The molecule has 7 heteroatoms. The zero-order valence-corrected chi connectivity index (χ0v) is 14.2. The smallest absolute Gasteiger partial charge is 0.254 e. The zero-order valence-electron chi connectivity index (χ0n) is 14.2. The molecule has 0 spiro atoms. The normalized spacial score (nSPS) is 22.6. The van der Waals surface area contributed by atoms with Crippen LogP contribution < -0.4 is 9.64 Å². The van der Waals surface area contributed by atoms with Crippen molar-refractivity contribution < 1.29 is 9.53 Å². The Balaban J connectivity index is 1.57. The lowest BCUT2D eigenvalue weighted by molar-refractivity contribution is 0.0591. The first-order valence-corrected chi connectivity index (χ1v) is 8.57. The summed E-state index contributed by atoms with van der Waals surface area (Å²) in [4.78, 5) is 30.1. The fraction of sp³-hybridized carbons (Fsp3) is 0.444. The standard InChI is InChI=1S/C18H21N5O2/c1-25-16-9-14(5-8-19-16)17(24)23-11-13-3-4-15(23)12-22(10-13)18-20-6-2-7-21-18/h2,5-9,13,15H,3-4,10-12H2,1H3/t13-,15+/m0/s1. The Labute approximate surface area is 146 Å². The highest BCUT2D eigenvalue weighted by molar-refractivity contribution is 5.94. The van der Waals surface area contributed by atoms with Gasteiger partial charge in [-0.05, 0) is 30.9 Å². The van der Waals surface area contributed by atoms with Crippen LogP contribution in [0.1, 0.15) is 23.2 Å². The molecule has 0 aromatic carbocycles. The molecule has 0 N–H and O–H groups in total. The maximum Gasteiger partial charge on any atom is 0.254 e. The number of piperidine rings is 1. The van der Waals surface area contributed by atoms with Crippen LogP contribution in [0.4, 0.5) is 5.95 Å². The number of hydrogen-bond donors (Lipinski definition) is 0. The van der Waals surface area contributed by atoms with Crippen molar-refractivity contribution in [1.29, 1.82) is 0 Å². The highest BCUT2D eigenvalue weighted by atomic mass is 16.5. The summed E-state index contributed by atoms with van der Waals surface area (Å²) in [7, 11) is 1.56. The van der Waals surface area contributed by atoms with Crippen molar-refractivity contribution in [3.05, 3.63) is 42.4 Å². The number of rotatable bonds is 3. The fourth-order valence-electron chi connectivity index (χ4n) is 3.77. The number of anilines is 1. The molecule has 130 valence electrons. The van der Waals surface area contributed by atoms with Gasteiger partial charge in [-0.3, -0.25) is 4.79 Å². The molecule has 2 aromatic heterocycles. The number of nitrogens with zero attached hydrogens (tertiary/aromatic N) is 5. The number of pyridine rings is 1. The van der Waals surface area contributed by atoms with Crippen molar-refractivity contribution in [2.24, 2.45) is 5.92 Å². The first-order valence-electron chi connectivity index (χ1n) is 8.57. The summed E-state index contributed by atoms with van der Waals surface area (Å²) >= 11 is 0. The second-order valence-electron chi connectivity index (χ2n) is 6.60. The molecule has 3 aliphatic heterocycles. The number of ether oxygens (including phenoxy) is 1. The third-order valence-corrected chi connectivity index (χ3v) is 5.00. The molecule has 5 heterocycles. The molecule has 2 atom stereocenters. The van der Waals surface area contributed by atoms with Crippen LogP contribution in [0.15, 0.2) is 36.8 Å². The largest absolute Gasteiger partial charge is 0.481 e. The number of methoxy groups -OCH3 is 1. The SMILES string of the molecule is COc1cc(C(=O)N2C[C@H]3CC[C@@H]2CN(c2ncccn2)C3)ccn1. The predicted octanol–water partition coefficient (Wildman–Crippen LogP) is 1.62. The van der Waals surface area contributed by atoms with Crippen molar-refractivity contribution in [2.45, 2.75) is 18.9 Å². The van der Waals surface area contributed by atoms with Crippen LogP contribution >= 0.6 is 0 Å². The number of fused-ring (bicyclic) bond motifs is 4. The molecule has 25 heavy (non-hydrogen) atoms. The molecular formula is C18H21N5O2. The highest BCUT2D eigenvalue weighted by Gasteiger charge is 2.38. The minimum atomic E-state index is 0.0474. The molecule has 0 aliphatic carbocycles. The average Bonchev–Trinajstić information content (AvgIpc) is 3.00. The molecule has 3 fully saturated rings. The van der Waals surface area contributed by atoms with Crippen LogP contribution in [0.5, 0.6) is 5.88 Å². The van der Waals surface area contributed by atoms with Crippen molar-refractivity contribution in [2.75, 3.05) is 31.6 Å². The second kappa shape index (κ2) is 6.66. The van der Waals surface area contributed by atoms with Crippen LogP contribution in [0, 0.1) is 5.92 Å². The summed E-state index contributed by atoms with van der Waals surface area (Å²) in [6.07, 6.45) is 7.30. The molecule has 0 saturated carbocycles. The van der Waals surface area contributed by atoms with Gasteiger partial charge in [0.15, 0.2) is 0 Å². The summed E-state index contributed by atoms with van der Waals surface area (Å²) in [5, 5.41) is 0. The molecule has 2 bridgehead atoms. The third-order valence-electron chi connectivity index (χ3n) is 5.00. The maximum atomic E-state index is 13.0. The minimum absolute atomic E-state index is 0.0474. The Kier molecular flexibility index (Phi) is 4.21. The summed E-state index contributed by atoms with van der Waals surface area (Å²) in [6, 6.07) is 5.46. The van der Waals surface area contributed by atoms with E-state index in [1.165, 1.54) is 0 Å². The monoisotopic (exact) mass is 339 g/mol. The lowest BCUT2D eigenvalue weighted by Crippen LogP contribution is -2.47. The molecule has 7 nitrogen and oxygen atoms in total. The first-order chi connectivity index (χ1) is 12.2. The van der Waals surface area contributed by atoms with Gasteiger partial charge in [-0.15, -0.1) is 0 Å². The predicted molar refractivity (Wildman–Crippen MR) is 92.6 cm³/mol. The van der Waals surface area contributed by atoms with E-state index in [2.05, 4.69) is 19.9 Å². The van der Waals surface area contributed by atoms with Crippen LogP contribution in [0.2, 0.25) is 0 Å². The van der Waals surface area contributed by atoms with E-state index in [1.54, 1.807) is 37.8 Å². The van der Waals surface area contributed by atoms with E-state index >= 15 is 0 Å². The van der Waals surface area contributed by atoms with Gasteiger partial charge in [0, 0.05) is 55.9 Å². The Morgan fingerprint density at radius 1 is 1.12 bits per heavy atom. The molecule has 0 radical (unpaired) electrons. The van der Waals surface area contributed by atoms with E-state index in [4.69, 9.17) is 4.74 Å². The lowest BCUT2D eigenvalue weighted by atomic mass is 9.94. The van der Waals surface area contributed by atoms with Gasteiger partial charge in [0.25, 0.3) is 5.91 Å². The van der Waals surface area contributed by atoms with E-state index in [1.807, 2.05) is 11.0 Å². The van der Waals surface area contributed by atoms with Gasteiger partial charge in [-0.2, -0.15) is 0 Å². The van der Waals surface area contributed by atoms with E-state index < -0.39 is 0 Å². The average molecular weight is 339 g/mol. The number of amides is 1. The topological polar surface area (TPSA) is 71.5 Å². The number of hydrogen-bond acceptors (Lipinski definition) is 6. The molecule has 5 rings (SSSR count). The molecule has 3 aliphatic rings. The van der Waals surface area contributed by atoms with E-state index in [9.17, 15) is 4.79 Å². The number of carbonyl (C=O) groups is 1. The van der Waals surface area contributed by atoms with Gasteiger partial charge in [0.2, 0.25) is 11.8 Å². The third kappa shape index (κ3) is 3.14. The summed E-state index contributed by atoms with van der Waals surface area (Å²) < 4.78 is 5.15. The quantitative estimate of drug-likeness (QED) is 0.846. The highest BCUT2D eigenvalue weighted by Crippen LogP contribution is 2.30. The van der Waals surface area contributed by atoms with Gasteiger partial charge in [-0.1, -0.05) is 0 Å². The van der Waals surface area contributed by atoms with Crippen molar-refractivity contribution >= 4 is 11.9 Å². The molecule has 2 aromatic rings. The summed E-state index contributed by atoms with van der Waals surface area (Å²) in [5.74, 6) is 1.70. The van der Waals surface area contributed by atoms with Gasteiger partial charge < -0.3 is 14.5 Å². The van der Waals surface area contributed by atoms with Crippen LogP contribution in [0.25, 0.3) is 0 Å². The van der Waals surface area contributed by atoms with E-state index in [-0.39, 0.29) is 11.9 Å². The Morgan fingerprint density at radius 3 is 2.76 bits per heavy atom. The Bertz CT molecular complexity index is 754. The van der Waals surface area contributed by atoms with Gasteiger partial charge in [0.05, 0.1) is 7.11 Å². The number of carbonyl (C=O) groups excluding carboxylic acids is 1. The fourth-order valence-corrected chi connectivity index (χ4v) is 3.77. The Hall–Kier alpha value is -2.70. The van der Waals surface area contributed by atoms with Crippen LogP contribution in [-0.4, -0.2) is 58.5 Å². The zero-order chi connectivity index (χ0) is 17.2. The first kappa shape index (κ1) is 15.8. The Morgan fingerprint density at radius 2 is 1.96 bits per heavy atom. The summed E-state index contributed by atoms with van der Waals surface area (Å²) in [6.45, 7) is 2.44. The van der Waals surface area contributed by atoms with Crippen molar-refractivity contribution in [3.63, 3.8) is 0 Å². The van der Waals surface area contributed by atoms with Gasteiger partial charge in [0.1, 0.15) is 0 Å². The summed E-state index contributed by atoms with van der Waals surface area (Å²) in [5.41, 5.74) is 0.627. The maximum absolute atomic E-state index is 13.0. The molecule has 3 saturated heterocycles. The van der Waals surface area contributed by atoms with Crippen LogP contribution in [-0.2, 0) is 0 Å². The second-order valence-corrected chi connectivity index (χ2v) is 6.60. The van der Waals surface area contributed by atoms with E-state index in [0.717, 1.165) is 38.4 Å². The number of aromatic nitrogens is 3. The van der Waals surface area contributed by atoms with Crippen molar-refractivity contribution in [1.82, 2.24) is 19.9 Å². The molecule has 1 amide bonds. The molecule has 0 unspecified atom stereocenters. The van der Waals surface area contributed by atoms with Crippen molar-refractivity contribution in [3.8, 4) is 5.88 Å². The van der Waals surface area contributed by atoms with E-state index in [0.29, 0.717) is 17.4 Å².